The molecule has 4 heteroatoms. The van der Waals surface area contributed by atoms with Crippen molar-refractivity contribution < 1.29 is 4.84 Å². The summed E-state index contributed by atoms with van der Waals surface area (Å²) in [5.74, 6) is 0.934. The Labute approximate surface area is 120 Å². The van der Waals surface area contributed by atoms with Gasteiger partial charge in [-0.2, -0.15) is 0 Å². The molecule has 1 saturated carbocycles. The van der Waals surface area contributed by atoms with Crippen molar-refractivity contribution in [3.63, 3.8) is 0 Å². The molecular weight excluding hydrogens is 250 g/mol. The first-order valence-corrected chi connectivity index (χ1v) is 7.28. The number of hydroxylamine groups is 2. The second kappa shape index (κ2) is 4.48. The van der Waals surface area contributed by atoms with Gasteiger partial charge in [-0.05, 0) is 18.3 Å². The van der Waals surface area contributed by atoms with Crippen LogP contribution in [-0.2, 0) is 10.6 Å². The molecule has 1 unspecified atom stereocenters. The fourth-order valence-corrected chi connectivity index (χ4v) is 2.68. The summed E-state index contributed by atoms with van der Waals surface area (Å²) >= 11 is 0. The zero-order chi connectivity index (χ0) is 14.4. The summed E-state index contributed by atoms with van der Waals surface area (Å²) in [6, 6.07) is 10.2. The van der Waals surface area contributed by atoms with Crippen molar-refractivity contribution >= 4 is 5.96 Å². The van der Waals surface area contributed by atoms with Crippen LogP contribution in [0.1, 0.15) is 39.2 Å². The molecule has 0 saturated heterocycles. The normalized spacial score (nSPS) is 26.8. The summed E-state index contributed by atoms with van der Waals surface area (Å²) in [4.78, 5) is 11.0. The van der Waals surface area contributed by atoms with Gasteiger partial charge in [0.25, 0.3) is 0 Å². The Morgan fingerprint density at radius 1 is 1.30 bits per heavy atom. The van der Waals surface area contributed by atoms with Gasteiger partial charge in [-0.25, -0.2) is 14.9 Å². The third kappa shape index (κ3) is 2.40. The van der Waals surface area contributed by atoms with Gasteiger partial charge in [0.1, 0.15) is 0 Å². The fourth-order valence-electron chi connectivity index (χ4n) is 2.68. The molecule has 108 valence electrons. The molecule has 0 amide bonds. The molecule has 0 radical (unpaired) electrons. The van der Waals surface area contributed by atoms with Gasteiger partial charge in [0.05, 0.1) is 6.54 Å². The van der Waals surface area contributed by atoms with E-state index in [1.165, 1.54) is 0 Å². The van der Waals surface area contributed by atoms with Crippen LogP contribution in [0.3, 0.4) is 0 Å². The van der Waals surface area contributed by atoms with Crippen LogP contribution in [-0.4, -0.2) is 17.6 Å². The van der Waals surface area contributed by atoms with Crippen LogP contribution in [0.2, 0.25) is 0 Å². The van der Waals surface area contributed by atoms with Gasteiger partial charge >= 0.3 is 0 Å². The molecule has 0 aromatic heterocycles. The molecule has 0 spiro atoms. The number of guanidine groups is 1. The first kappa shape index (κ1) is 13.4. The molecule has 1 heterocycles. The average Bonchev–Trinajstić information content (AvgIpc) is 3.17. The fraction of sp³-hybridized carbons (Fsp3) is 0.562. The zero-order valence-electron chi connectivity index (χ0n) is 12.5. The number of nitrogens with zero attached hydrogens (tertiary/aromatic N) is 2. The van der Waals surface area contributed by atoms with Crippen LogP contribution < -0.4 is 5.73 Å². The van der Waals surface area contributed by atoms with Crippen molar-refractivity contribution in [3.8, 4) is 0 Å². The predicted molar refractivity (Wildman–Crippen MR) is 79.7 cm³/mol. The topological polar surface area (TPSA) is 50.8 Å². The smallest absolute Gasteiger partial charge is 0.219 e. The zero-order valence-corrected chi connectivity index (χ0v) is 12.5. The van der Waals surface area contributed by atoms with Gasteiger partial charge in [-0.3, -0.25) is 0 Å². The van der Waals surface area contributed by atoms with Crippen LogP contribution >= 0.6 is 0 Å². The lowest BCUT2D eigenvalue weighted by molar-refractivity contribution is -0.204. The van der Waals surface area contributed by atoms with E-state index in [1.807, 2.05) is 18.2 Å². The maximum absolute atomic E-state index is 6.25. The van der Waals surface area contributed by atoms with Crippen LogP contribution in [0, 0.1) is 11.3 Å². The lowest BCUT2D eigenvalue weighted by atomic mass is 9.97. The summed E-state index contributed by atoms with van der Waals surface area (Å²) in [6.07, 6.45) is 2.30. The van der Waals surface area contributed by atoms with E-state index in [1.54, 1.807) is 5.06 Å². The third-order valence-electron chi connectivity index (χ3n) is 3.72. The Kier molecular flexibility index (Phi) is 3.01. The van der Waals surface area contributed by atoms with E-state index in [2.05, 4.69) is 32.9 Å². The standard InChI is InChI=1S/C16H23N3O/c1-15(2,3)11-19-14(17)18-16(20-19,13-9-10-13)12-7-5-4-6-8-12/h4-8,13H,9-11H2,1-3H3,(H2,17,18). The summed E-state index contributed by atoms with van der Waals surface area (Å²) in [7, 11) is 0. The molecule has 1 aromatic rings. The number of hydrogen-bond acceptors (Lipinski definition) is 4. The second-order valence-corrected chi connectivity index (χ2v) is 7.00. The van der Waals surface area contributed by atoms with Gasteiger partial charge in [-0.15, -0.1) is 0 Å². The van der Waals surface area contributed by atoms with E-state index in [-0.39, 0.29) is 5.41 Å². The monoisotopic (exact) mass is 273 g/mol. The molecule has 2 N–H and O–H groups in total. The maximum atomic E-state index is 6.25. The van der Waals surface area contributed by atoms with Crippen molar-refractivity contribution in [1.29, 1.82) is 0 Å². The molecule has 0 bridgehead atoms. The Morgan fingerprint density at radius 3 is 2.50 bits per heavy atom. The van der Waals surface area contributed by atoms with Crippen LogP contribution in [0.4, 0.5) is 0 Å². The van der Waals surface area contributed by atoms with Crippen molar-refractivity contribution in [2.45, 2.75) is 39.3 Å². The second-order valence-electron chi connectivity index (χ2n) is 7.00. The van der Waals surface area contributed by atoms with Gasteiger partial charge in [0.2, 0.25) is 11.7 Å². The molecule has 2 aliphatic rings. The Bertz CT molecular complexity index is 516. The van der Waals surface area contributed by atoms with E-state index < -0.39 is 5.72 Å². The molecule has 3 rings (SSSR count). The van der Waals surface area contributed by atoms with Gasteiger partial charge in [0.15, 0.2) is 0 Å². The molecule has 1 fully saturated rings. The van der Waals surface area contributed by atoms with Crippen molar-refractivity contribution in [2.24, 2.45) is 22.1 Å². The summed E-state index contributed by atoms with van der Waals surface area (Å²) in [5, 5.41) is 1.77. The maximum Gasteiger partial charge on any atom is 0.219 e. The molecule has 20 heavy (non-hydrogen) atoms. The van der Waals surface area contributed by atoms with Crippen LogP contribution in [0.15, 0.2) is 35.3 Å². The van der Waals surface area contributed by atoms with E-state index in [9.17, 15) is 0 Å². The number of nitrogens with two attached hydrogens (primary N) is 1. The Hall–Kier alpha value is -1.55. The largest absolute Gasteiger partial charge is 0.368 e. The summed E-state index contributed by atoms with van der Waals surface area (Å²) in [5.41, 5.74) is 6.72. The van der Waals surface area contributed by atoms with Gasteiger partial charge in [-0.1, -0.05) is 51.1 Å². The molecule has 4 nitrogen and oxygen atoms in total. The number of rotatable bonds is 3. The first-order chi connectivity index (χ1) is 9.41. The van der Waals surface area contributed by atoms with Crippen LogP contribution in [0.25, 0.3) is 0 Å². The van der Waals surface area contributed by atoms with Crippen molar-refractivity contribution in [3.05, 3.63) is 35.9 Å². The van der Waals surface area contributed by atoms with Gasteiger partial charge < -0.3 is 5.73 Å². The highest BCUT2D eigenvalue weighted by Gasteiger charge is 2.53. The molecule has 1 aliphatic heterocycles. The summed E-state index contributed by atoms with van der Waals surface area (Å²) in [6.45, 7) is 7.25. The highest BCUT2D eigenvalue weighted by molar-refractivity contribution is 5.79. The highest BCUT2D eigenvalue weighted by atomic mass is 16.7. The minimum atomic E-state index is -0.601. The minimum absolute atomic E-state index is 0.108. The Morgan fingerprint density at radius 2 is 1.95 bits per heavy atom. The molecular formula is C16H23N3O. The first-order valence-electron chi connectivity index (χ1n) is 7.28. The average molecular weight is 273 g/mol. The van der Waals surface area contributed by atoms with E-state index >= 15 is 0 Å². The van der Waals surface area contributed by atoms with E-state index in [0.29, 0.717) is 11.9 Å². The quantitative estimate of drug-likeness (QED) is 0.921. The van der Waals surface area contributed by atoms with Crippen molar-refractivity contribution in [2.75, 3.05) is 6.54 Å². The number of hydrogen-bond donors (Lipinski definition) is 1. The van der Waals surface area contributed by atoms with Gasteiger partial charge in [0, 0.05) is 11.5 Å². The van der Waals surface area contributed by atoms with E-state index in [4.69, 9.17) is 15.6 Å². The minimum Gasteiger partial charge on any atom is -0.368 e. The van der Waals surface area contributed by atoms with Crippen molar-refractivity contribution in [1.82, 2.24) is 5.06 Å². The molecule has 1 aliphatic carbocycles. The number of aliphatic imine (C=N–C) groups is 1. The third-order valence-corrected chi connectivity index (χ3v) is 3.72. The molecule has 1 aromatic carbocycles. The van der Waals surface area contributed by atoms with Crippen LogP contribution in [0.5, 0.6) is 0 Å². The SMILES string of the molecule is CC(C)(C)CN1OC(c2ccccc2)(C2CC2)N=C1N. The molecule has 1 atom stereocenters. The predicted octanol–water partition coefficient (Wildman–Crippen LogP) is 2.86. The summed E-state index contributed by atoms with van der Waals surface area (Å²) < 4.78 is 0. The number of benzene rings is 1. The Balaban J connectivity index is 1.91. The lowest BCUT2D eigenvalue weighted by Crippen LogP contribution is -2.40. The lowest BCUT2D eigenvalue weighted by Gasteiger charge is -2.31. The van der Waals surface area contributed by atoms with E-state index in [0.717, 1.165) is 24.9 Å². The highest BCUT2D eigenvalue weighted by Crippen LogP contribution is 2.51.